The molecule has 0 saturated heterocycles. The van der Waals surface area contributed by atoms with E-state index >= 15 is 0 Å². The summed E-state index contributed by atoms with van der Waals surface area (Å²) in [6.07, 6.45) is 4.83. The minimum Gasteiger partial charge on any atom is -0.479 e. The molecule has 0 aliphatic heterocycles. The Hall–Kier alpha value is -1.52. The van der Waals surface area contributed by atoms with Crippen LogP contribution in [0.1, 0.15) is 40.0 Å². The topological polar surface area (TPSA) is 64.3 Å². The first-order valence-electron chi connectivity index (χ1n) is 6.56. The number of rotatable bonds is 7. The van der Waals surface area contributed by atoms with Crippen LogP contribution in [0.15, 0.2) is 6.33 Å². The summed E-state index contributed by atoms with van der Waals surface area (Å²) in [5, 5.41) is 0. The smallest absolute Gasteiger partial charge is 0.242 e. The summed E-state index contributed by atoms with van der Waals surface area (Å²) in [4.78, 5) is 10.6. The molecule has 18 heavy (non-hydrogen) atoms. The Morgan fingerprint density at radius 1 is 1.39 bits per heavy atom. The molecule has 1 aromatic rings. The van der Waals surface area contributed by atoms with Crippen molar-refractivity contribution >= 4 is 11.5 Å². The number of anilines is 2. The maximum Gasteiger partial charge on any atom is 0.242 e. The van der Waals surface area contributed by atoms with E-state index in [9.17, 15) is 0 Å². The van der Waals surface area contributed by atoms with Gasteiger partial charge >= 0.3 is 0 Å². The van der Waals surface area contributed by atoms with Gasteiger partial charge in [-0.1, -0.05) is 20.3 Å². The molecule has 0 saturated carbocycles. The molecule has 1 aromatic heterocycles. The maximum atomic E-state index is 6.07. The summed E-state index contributed by atoms with van der Waals surface area (Å²) in [5.74, 6) is 1.23. The van der Waals surface area contributed by atoms with Gasteiger partial charge in [-0.15, -0.1) is 0 Å². The maximum absolute atomic E-state index is 6.07. The Labute approximate surface area is 109 Å². The fourth-order valence-electron chi connectivity index (χ4n) is 1.85. The van der Waals surface area contributed by atoms with Crippen LogP contribution in [0.25, 0.3) is 0 Å². The van der Waals surface area contributed by atoms with E-state index in [1.165, 1.54) is 6.33 Å². The molecule has 5 nitrogen and oxygen atoms in total. The minimum absolute atomic E-state index is 0.401. The summed E-state index contributed by atoms with van der Waals surface area (Å²) in [6.45, 7) is 7.48. The van der Waals surface area contributed by atoms with Crippen molar-refractivity contribution < 1.29 is 4.74 Å². The van der Waals surface area contributed by atoms with E-state index in [0.29, 0.717) is 17.6 Å². The predicted molar refractivity (Wildman–Crippen MR) is 75.0 cm³/mol. The van der Waals surface area contributed by atoms with Gasteiger partial charge in [0.1, 0.15) is 12.0 Å². The largest absolute Gasteiger partial charge is 0.479 e. The average molecular weight is 252 g/mol. The van der Waals surface area contributed by atoms with Crippen molar-refractivity contribution in [1.29, 1.82) is 0 Å². The van der Waals surface area contributed by atoms with Gasteiger partial charge in [-0.25, -0.2) is 4.98 Å². The Kier molecular flexibility index (Phi) is 5.68. The number of methoxy groups -OCH3 is 1. The van der Waals surface area contributed by atoms with Gasteiger partial charge in [-0.2, -0.15) is 4.98 Å². The lowest BCUT2D eigenvalue weighted by Crippen LogP contribution is -2.35. The second-order valence-electron chi connectivity index (χ2n) is 4.42. The molecular weight excluding hydrogens is 228 g/mol. The van der Waals surface area contributed by atoms with Gasteiger partial charge in [-0.05, 0) is 19.8 Å². The van der Waals surface area contributed by atoms with Crippen LogP contribution in [-0.2, 0) is 0 Å². The van der Waals surface area contributed by atoms with Gasteiger partial charge in [0.25, 0.3) is 0 Å². The van der Waals surface area contributed by atoms with Crippen molar-refractivity contribution in [3.05, 3.63) is 6.33 Å². The van der Waals surface area contributed by atoms with Crippen LogP contribution in [0, 0.1) is 0 Å². The number of hydrogen-bond acceptors (Lipinski definition) is 5. The lowest BCUT2D eigenvalue weighted by atomic mass is 10.2. The Morgan fingerprint density at radius 3 is 2.67 bits per heavy atom. The Balaban J connectivity index is 3.04. The van der Waals surface area contributed by atoms with Crippen molar-refractivity contribution in [2.24, 2.45) is 0 Å². The number of aromatic nitrogens is 2. The molecule has 1 rings (SSSR count). The van der Waals surface area contributed by atoms with Crippen LogP contribution in [0.5, 0.6) is 5.88 Å². The van der Waals surface area contributed by atoms with Crippen molar-refractivity contribution in [3.8, 4) is 5.88 Å². The van der Waals surface area contributed by atoms with Crippen LogP contribution >= 0.6 is 0 Å². The molecule has 0 radical (unpaired) electrons. The number of ether oxygens (including phenoxy) is 1. The molecule has 1 unspecified atom stereocenters. The zero-order valence-corrected chi connectivity index (χ0v) is 11.8. The third kappa shape index (κ3) is 3.24. The molecule has 0 bridgehead atoms. The highest BCUT2D eigenvalue weighted by Gasteiger charge is 2.19. The Bertz CT molecular complexity index is 370. The molecular formula is C13H24N4O. The van der Waals surface area contributed by atoms with Gasteiger partial charge in [0.2, 0.25) is 5.88 Å². The van der Waals surface area contributed by atoms with Crippen molar-refractivity contribution in [2.75, 3.05) is 24.3 Å². The zero-order valence-electron chi connectivity index (χ0n) is 11.8. The quantitative estimate of drug-likeness (QED) is 0.807. The van der Waals surface area contributed by atoms with Gasteiger partial charge in [0, 0.05) is 12.6 Å². The van der Waals surface area contributed by atoms with Gasteiger partial charge in [0.15, 0.2) is 5.82 Å². The highest BCUT2D eigenvalue weighted by Crippen LogP contribution is 2.29. The van der Waals surface area contributed by atoms with Crippen LogP contribution in [-0.4, -0.2) is 29.7 Å². The van der Waals surface area contributed by atoms with Crippen LogP contribution in [0.3, 0.4) is 0 Å². The van der Waals surface area contributed by atoms with E-state index in [0.717, 1.165) is 31.6 Å². The lowest BCUT2D eigenvalue weighted by Gasteiger charge is -2.30. The fraction of sp³-hybridized carbons (Fsp3) is 0.692. The molecule has 1 atom stereocenters. The SMILES string of the molecule is CCCCN(c1ncnc(OC)c1N)C(C)CC. The minimum atomic E-state index is 0.401. The fourth-order valence-corrected chi connectivity index (χ4v) is 1.85. The molecule has 0 spiro atoms. The van der Waals surface area contributed by atoms with Crippen molar-refractivity contribution in [1.82, 2.24) is 9.97 Å². The summed E-state index contributed by atoms with van der Waals surface area (Å²) in [5.41, 5.74) is 6.59. The number of unbranched alkanes of at least 4 members (excludes halogenated alkanes) is 1. The van der Waals surface area contributed by atoms with Crippen LogP contribution in [0.2, 0.25) is 0 Å². The number of hydrogen-bond donors (Lipinski definition) is 1. The second kappa shape index (κ2) is 7.03. The van der Waals surface area contributed by atoms with Gasteiger partial charge in [0.05, 0.1) is 7.11 Å². The highest BCUT2D eigenvalue weighted by atomic mass is 16.5. The molecule has 0 aliphatic carbocycles. The second-order valence-corrected chi connectivity index (χ2v) is 4.42. The molecule has 0 amide bonds. The molecule has 5 heteroatoms. The van der Waals surface area contributed by atoms with Crippen molar-refractivity contribution in [2.45, 2.75) is 46.1 Å². The highest BCUT2D eigenvalue weighted by molar-refractivity contribution is 5.68. The first-order valence-corrected chi connectivity index (χ1v) is 6.56. The standard InChI is InChI=1S/C13H24N4O/c1-5-7-8-17(10(3)6-2)12-11(14)13(18-4)16-9-15-12/h9-10H,5-8,14H2,1-4H3. The van der Waals surface area contributed by atoms with Gasteiger partial charge < -0.3 is 15.4 Å². The van der Waals surface area contributed by atoms with E-state index in [4.69, 9.17) is 10.5 Å². The lowest BCUT2D eigenvalue weighted by molar-refractivity contribution is 0.399. The van der Waals surface area contributed by atoms with Gasteiger partial charge in [-0.3, -0.25) is 0 Å². The normalized spacial score (nSPS) is 12.2. The van der Waals surface area contributed by atoms with E-state index in [-0.39, 0.29) is 0 Å². The summed E-state index contributed by atoms with van der Waals surface area (Å²) < 4.78 is 5.15. The van der Waals surface area contributed by atoms with Crippen LogP contribution < -0.4 is 15.4 Å². The molecule has 0 aromatic carbocycles. The summed E-state index contributed by atoms with van der Waals surface area (Å²) in [7, 11) is 1.57. The number of nitrogens with zero attached hydrogens (tertiary/aromatic N) is 3. The number of nitrogen functional groups attached to an aromatic ring is 1. The van der Waals surface area contributed by atoms with Crippen molar-refractivity contribution in [3.63, 3.8) is 0 Å². The summed E-state index contributed by atoms with van der Waals surface area (Å²) in [6, 6.07) is 0.401. The average Bonchev–Trinajstić information content (AvgIpc) is 2.40. The predicted octanol–water partition coefficient (Wildman–Crippen LogP) is 2.47. The first kappa shape index (κ1) is 14.5. The van der Waals surface area contributed by atoms with E-state index in [1.807, 2.05) is 0 Å². The molecule has 0 aliphatic rings. The first-order chi connectivity index (χ1) is 8.65. The third-order valence-corrected chi connectivity index (χ3v) is 3.17. The molecule has 0 fully saturated rings. The van der Waals surface area contributed by atoms with Crippen LogP contribution in [0.4, 0.5) is 11.5 Å². The third-order valence-electron chi connectivity index (χ3n) is 3.17. The number of nitrogens with two attached hydrogens (primary N) is 1. The molecule has 102 valence electrons. The van der Waals surface area contributed by atoms with E-state index < -0.39 is 0 Å². The summed E-state index contributed by atoms with van der Waals surface area (Å²) >= 11 is 0. The molecule has 1 heterocycles. The monoisotopic (exact) mass is 252 g/mol. The Morgan fingerprint density at radius 2 is 2.11 bits per heavy atom. The molecule has 2 N–H and O–H groups in total. The zero-order chi connectivity index (χ0) is 13.5. The van der Waals surface area contributed by atoms with E-state index in [2.05, 4.69) is 35.6 Å². The van der Waals surface area contributed by atoms with E-state index in [1.54, 1.807) is 7.11 Å².